The number of aromatic amines is 1. The van der Waals surface area contributed by atoms with E-state index in [4.69, 9.17) is 15.6 Å². The normalized spacial score (nSPS) is 11.7. The summed E-state index contributed by atoms with van der Waals surface area (Å²) in [5.41, 5.74) is 6.09. The van der Waals surface area contributed by atoms with Crippen molar-refractivity contribution in [2.45, 2.75) is 19.4 Å². The number of benzene rings is 1. The Kier molecular flexibility index (Phi) is 3.00. The van der Waals surface area contributed by atoms with E-state index in [2.05, 4.69) is 4.98 Å². The number of carbonyl (C=O) groups is 1. The van der Waals surface area contributed by atoms with Crippen LogP contribution >= 0.6 is 0 Å². The van der Waals surface area contributed by atoms with Crippen LogP contribution in [-0.2, 0) is 0 Å². The minimum Gasteiger partial charge on any atom is -0.487 e. The quantitative estimate of drug-likeness (QED) is 0.772. The Labute approximate surface area is 105 Å². The Hall–Kier alpha value is -2.01. The van der Waals surface area contributed by atoms with E-state index in [1.165, 1.54) is 0 Å². The van der Waals surface area contributed by atoms with Crippen LogP contribution in [-0.4, -0.2) is 28.2 Å². The SMILES string of the molecule is CC(C)(CN)Oc1ccc2[nH]c(C(=O)O)cc2c1. The standard InChI is InChI=1S/C13H16N2O3/c1-13(2,7-14)18-9-3-4-10-8(5-9)6-11(15-10)12(16)17/h3-6,15H,7,14H2,1-2H3,(H,16,17). The van der Waals surface area contributed by atoms with Gasteiger partial charge in [0, 0.05) is 17.4 Å². The molecule has 4 N–H and O–H groups in total. The number of hydrogen-bond donors (Lipinski definition) is 3. The van der Waals surface area contributed by atoms with Crippen LogP contribution in [0.5, 0.6) is 5.75 Å². The molecule has 0 bridgehead atoms. The van der Waals surface area contributed by atoms with Crippen LogP contribution in [0.15, 0.2) is 24.3 Å². The van der Waals surface area contributed by atoms with Gasteiger partial charge in [0.25, 0.3) is 0 Å². The van der Waals surface area contributed by atoms with Gasteiger partial charge in [0.05, 0.1) is 0 Å². The van der Waals surface area contributed by atoms with Crippen molar-refractivity contribution in [1.82, 2.24) is 4.98 Å². The zero-order chi connectivity index (χ0) is 13.3. The van der Waals surface area contributed by atoms with Crippen LogP contribution < -0.4 is 10.5 Å². The van der Waals surface area contributed by atoms with Crippen LogP contribution in [0, 0.1) is 0 Å². The second-order valence-corrected chi connectivity index (χ2v) is 4.80. The molecule has 1 aromatic carbocycles. The van der Waals surface area contributed by atoms with Crippen LogP contribution in [0.1, 0.15) is 24.3 Å². The molecule has 0 spiro atoms. The molecule has 96 valence electrons. The van der Waals surface area contributed by atoms with E-state index < -0.39 is 11.6 Å². The second-order valence-electron chi connectivity index (χ2n) is 4.80. The summed E-state index contributed by atoms with van der Waals surface area (Å²) in [4.78, 5) is 13.7. The Morgan fingerprint density at radius 1 is 1.44 bits per heavy atom. The third-order valence-corrected chi connectivity index (χ3v) is 2.71. The van der Waals surface area contributed by atoms with Gasteiger partial charge in [-0.3, -0.25) is 0 Å². The summed E-state index contributed by atoms with van der Waals surface area (Å²) in [5.74, 6) is -0.301. The number of aromatic nitrogens is 1. The van der Waals surface area contributed by atoms with Crippen LogP contribution in [0.2, 0.25) is 0 Å². The lowest BCUT2D eigenvalue weighted by atomic mass is 10.1. The molecule has 0 saturated heterocycles. The zero-order valence-electron chi connectivity index (χ0n) is 10.4. The fourth-order valence-electron chi connectivity index (χ4n) is 1.65. The minimum absolute atomic E-state index is 0.167. The van der Waals surface area contributed by atoms with Gasteiger partial charge in [0.1, 0.15) is 17.0 Å². The summed E-state index contributed by atoms with van der Waals surface area (Å²) in [6.45, 7) is 4.20. The predicted octanol–water partition coefficient (Wildman–Crippen LogP) is 1.98. The van der Waals surface area contributed by atoms with Crippen molar-refractivity contribution in [3.8, 4) is 5.75 Å². The molecule has 1 heterocycles. The molecule has 5 nitrogen and oxygen atoms in total. The number of fused-ring (bicyclic) bond motifs is 1. The lowest BCUT2D eigenvalue weighted by Gasteiger charge is -2.24. The lowest BCUT2D eigenvalue weighted by Crippen LogP contribution is -2.37. The van der Waals surface area contributed by atoms with Gasteiger partial charge in [-0.15, -0.1) is 0 Å². The molecule has 1 aromatic heterocycles. The Morgan fingerprint density at radius 3 is 2.78 bits per heavy atom. The minimum atomic E-state index is -0.976. The van der Waals surface area contributed by atoms with E-state index in [0.717, 1.165) is 10.9 Å². The van der Waals surface area contributed by atoms with Crippen molar-refractivity contribution in [1.29, 1.82) is 0 Å². The fourth-order valence-corrected chi connectivity index (χ4v) is 1.65. The molecule has 0 saturated carbocycles. The highest BCUT2D eigenvalue weighted by Gasteiger charge is 2.17. The zero-order valence-corrected chi connectivity index (χ0v) is 10.4. The van der Waals surface area contributed by atoms with Crippen LogP contribution in [0.4, 0.5) is 0 Å². The van der Waals surface area contributed by atoms with Crippen LogP contribution in [0.3, 0.4) is 0 Å². The van der Waals surface area contributed by atoms with Gasteiger partial charge < -0.3 is 20.6 Å². The summed E-state index contributed by atoms with van der Waals surface area (Å²) in [6.07, 6.45) is 0. The molecule has 18 heavy (non-hydrogen) atoms. The van der Waals surface area contributed by atoms with Crippen molar-refractivity contribution in [3.63, 3.8) is 0 Å². The van der Waals surface area contributed by atoms with Crippen molar-refractivity contribution in [2.75, 3.05) is 6.54 Å². The summed E-state index contributed by atoms with van der Waals surface area (Å²) in [6, 6.07) is 6.97. The van der Waals surface area contributed by atoms with Gasteiger partial charge in [-0.1, -0.05) is 0 Å². The molecule has 0 aliphatic carbocycles. The largest absolute Gasteiger partial charge is 0.487 e. The Morgan fingerprint density at radius 2 is 2.17 bits per heavy atom. The van der Waals surface area contributed by atoms with E-state index in [-0.39, 0.29) is 5.69 Å². The van der Waals surface area contributed by atoms with Crippen molar-refractivity contribution < 1.29 is 14.6 Å². The predicted molar refractivity (Wildman–Crippen MR) is 69.0 cm³/mol. The summed E-state index contributed by atoms with van der Waals surface area (Å²) < 4.78 is 5.74. The number of H-pyrrole nitrogens is 1. The van der Waals surface area contributed by atoms with E-state index in [1.807, 2.05) is 13.8 Å². The number of nitrogens with two attached hydrogens (primary N) is 1. The molecule has 0 unspecified atom stereocenters. The maximum absolute atomic E-state index is 10.9. The average molecular weight is 248 g/mol. The first kappa shape index (κ1) is 12.4. The number of rotatable bonds is 4. The van der Waals surface area contributed by atoms with Crippen molar-refractivity contribution in [3.05, 3.63) is 30.0 Å². The first-order valence-electron chi connectivity index (χ1n) is 5.66. The maximum atomic E-state index is 10.9. The molecule has 2 aromatic rings. The van der Waals surface area contributed by atoms with Crippen molar-refractivity contribution >= 4 is 16.9 Å². The topological polar surface area (TPSA) is 88.3 Å². The van der Waals surface area contributed by atoms with E-state index in [9.17, 15) is 4.79 Å². The van der Waals surface area contributed by atoms with Gasteiger partial charge in [0.2, 0.25) is 0 Å². The van der Waals surface area contributed by atoms with Gasteiger partial charge >= 0.3 is 5.97 Å². The number of hydrogen-bond acceptors (Lipinski definition) is 3. The Bertz CT molecular complexity index is 587. The van der Waals surface area contributed by atoms with Gasteiger partial charge in [-0.2, -0.15) is 0 Å². The number of carboxylic acids is 1. The van der Waals surface area contributed by atoms with Gasteiger partial charge in [-0.05, 0) is 38.1 Å². The number of nitrogens with one attached hydrogen (secondary N) is 1. The maximum Gasteiger partial charge on any atom is 0.352 e. The third-order valence-electron chi connectivity index (χ3n) is 2.71. The van der Waals surface area contributed by atoms with E-state index >= 15 is 0 Å². The van der Waals surface area contributed by atoms with E-state index in [1.54, 1.807) is 24.3 Å². The number of ether oxygens (including phenoxy) is 1. The van der Waals surface area contributed by atoms with Gasteiger partial charge in [0.15, 0.2) is 0 Å². The summed E-state index contributed by atoms with van der Waals surface area (Å²) in [5, 5.41) is 9.70. The molecule has 0 atom stereocenters. The fraction of sp³-hybridized carbons (Fsp3) is 0.308. The molecular weight excluding hydrogens is 232 g/mol. The molecule has 5 heteroatoms. The van der Waals surface area contributed by atoms with Gasteiger partial charge in [-0.25, -0.2) is 4.79 Å². The molecular formula is C13H16N2O3. The highest BCUT2D eigenvalue weighted by atomic mass is 16.5. The molecule has 2 rings (SSSR count). The first-order chi connectivity index (χ1) is 8.41. The first-order valence-corrected chi connectivity index (χ1v) is 5.66. The molecule has 0 aliphatic heterocycles. The number of aromatic carboxylic acids is 1. The highest BCUT2D eigenvalue weighted by Crippen LogP contribution is 2.24. The van der Waals surface area contributed by atoms with E-state index in [0.29, 0.717) is 12.3 Å². The van der Waals surface area contributed by atoms with Crippen molar-refractivity contribution in [2.24, 2.45) is 5.73 Å². The highest BCUT2D eigenvalue weighted by molar-refractivity contribution is 5.94. The number of carboxylic acid groups (broad SMARTS) is 1. The molecule has 0 aliphatic rings. The average Bonchev–Trinajstić information content (AvgIpc) is 2.71. The second kappa shape index (κ2) is 4.34. The third kappa shape index (κ3) is 2.46. The summed E-state index contributed by atoms with van der Waals surface area (Å²) >= 11 is 0. The lowest BCUT2D eigenvalue weighted by molar-refractivity contribution is 0.0691. The smallest absolute Gasteiger partial charge is 0.352 e. The van der Waals surface area contributed by atoms with Crippen LogP contribution in [0.25, 0.3) is 10.9 Å². The molecule has 0 radical (unpaired) electrons. The molecule has 0 fully saturated rings. The Balaban J connectivity index is 2.35. The summed E-state index contributed by atoms with van der Waals surface area (Å²) in [7, 11) is 0. The monoisotopic (exact) mass is 248 g/mol. The molecule has 0 amide bonds.